The van der Waals surface area contributed by atoms with Crippen molar-refractivity contribution >= 4 is 5.76 Å². The summed E-state index contributed by atoms with van der Waals surface area (Å²) >= 11 is 0. The number of methoxy groups -OCH3 is 3. The molecular formula is C14H14N2O3. The topological polar surface area (TPSA) is 55.8 Å². The second-order valence-electron chi connectivity index (χ2n) is 3.61. The fourth-order valence-electron chi connectivity index (χ4n) is 1.69. The standard InChI is InChI=1S/C14H14N2O3/c1-9-12(17-3)6-10(7-13(9)18-4)14(19-5)11(8-15)16-2/h6-7H,1,3-5H3/b14-11+. The minimum atomic E-state index is -0.115. The predicted molar refractivity (Wildman–Crippen MR) is 70.4 cm³/mol. The van der Waals surface area contributed by atoms with E-state index in [0.29, 0.717) is 17.1 Å². The van der Waals surface area contributed by atoms with E-state index in [9.17, 15) is 0 Å². The Morgan fingerprint density at radius 2 is 1.74 bits per heavy atom. The Labute approximate surface area is 112 Å². The molecule has 0 amide bonds. The summed E-state index contributed by atoms with van der Waals surface area (Å²) in [5, 5.41) is 8.93. The molecule has 0 fully saturated rings. The molecule has 0 aliphatic rings. The summed E-state index contributed by atoms with van der Waals surface area (Å²) in [7, 11) is 4.50. The van der Waals surface area contributed by atoms with Crippen LogP contribution in [0.15, 0.2) is 17.8 Å². The van der Waals surface area contributed by atoms with Crippen LogP contribution in [-0.4, -0.2) is 21.3 Å². The maximum absolute atomic E-state index is 8.93. The van der Waals surface area contributed by atoms with Crippen LogP contribution in [0.4, 0.5) is 0 Å². The Balaban J connectivity index is 3.56. The van der Waals surface area contributed by atoms with E-state index in [2.05, 4.69) is 4.85 Å². The molecule has 0 unspecified atom stereocenters. The molecule has 19 heavy (non-hydrogen) atoms. The van der Waals surface area contributed by atoms with Gasteiger partial charge in [-0.25, -0.2) is 10.1 Å². The molecule has 0 aliphatic carbocycles. The van der Waals surface area contributed by atoms with Crippen LogP contribution < -0.4 is 9.47 Å². The quantitative estimate of drug-likeness (QED) is 0.473. The van der Waals surface area contributed by atoms with Crippen LogP contribution in [-0.2, 0) is 4.74 Å². The van der Waals surface area contributed by atoms with Gasteiger partial charge in [0.25, 0.3) is 0 Å². The van der Waals surface area contributed by atoms with E-state index < -0.39 is 0 Å². The molecule has 0 saturated heterocycles. The van der Waals surface area contributed by atoms with Gasteiger partial charge in [0.2, 0.25) is 0 Å². The summed E-state index contributed by atoms with van der Waals surface area (Å²) in [5.41, 5.74) is 1.29. The summed E-state index contributed by atoms with van der Waals surface area (Å²) < 4.78 is 15.7. The van der Waals surface area contributed by atoms with Crippen LogP contribution in [0.25, 0.3) is 10.6 Å². The van der Waals surface area contributed by atoms with Crippen LogP contribution >= 0.6 is 0 Å². The first-order chi connectivity index (χ1) is 9.12. The molecule has 0 heterocycles. The molecule has 0 saturated carbocycles. The molecule has 0 radical (unpaired) electrons. The summed E-state index contributed by atoms with van der Waals surface area (Å²) in [6, 6.07) is 5.22. The molecule has 5 nitrogen and oxygen atoms in total. The fraction of sp³-hybridized carbons (Fsp3) is 0.286. The number of hydrogen-bond donors (Lipinski definition) is 0. The Morgan fingerprint density at radius 1 is 1.21 bits per heavy atom. The van der Waals surface area contributed by atoms with E-state index in [0.717, 1.165) is 5.56 Å². The van der Waals surface area contributed by atoms with E-state index in [-0.39, 0.29) is 11.5 Å². The first-order valence-electron chi connectivity index (χ1n) is 5.41. The average molecular weight is 258 g/mol. The Kier molecular flexibility index (Phi) is 4.79. The van der Waals surface area contributed by atoms with Crippen molar-refractivity contribution in [3.05, 3.63) is 40.4 Å². The van der Waals surface area contributed by atoms with Crippen molar-refractivity contribution < 1.29 is 14.2 Å². The molecule has 0 spiro atoms. The fourth-order valence-corrected chi connectivity index (χ4v) is 1.69. The van der Waals surface area contributed by atoms with Gasteiger partial charge in [-0.1, -0.05) is 0 Å². The number of benzene rings is 1. The molecule has 0 N–H and O–H groups in total. The molecule has 0 aliphatic heterocycles. The highest BCUT2D eigenvalue weighted by Gasteiger charge is 2.15. The lowest BCUT2D eigenvalue weighted by molar-refractivity contribution is 0.364. The van der Waals surface area contributed by atoms with Crippen molar-refractivity contribution in [3.8, 4) is 17.6 Å². The lowest BCUT2D eigenvalue weighted by Crippen LogP contribution is -1.97. The SMILES string of the molecule is [C-]#[N+]/C(C#N)=C(/OC)c1cc(OC)c(C)c(OC)c1. The molecule has 98 valence electrons. The lowest BCUT2D eigenvalue weighted by Gasteiger charge is -2.14. The summed E-state index contributed by atoms with van der Waals surface area (Å²) in [4.78, 5) is 3.15. The monoisotopic (exact) mass is 258 g/mol. The maximum Gasteiger partial charge on any atom is 0.303 e. The maximum atomic E-state index is 8.93. The van der Waals surface area contributed by atoms with E-state index in [1.54, 1.807) is 26.4 Å². The van der Waals surface area contributed by atoms with Gasteiger partial charge in [-0.15, -0.1) is 0 Å². The van der Waals surface area contributed by atoms with E-state index in [1.165, 1.54) is 7.11 Å². The van der Waals surface area contributed by atoms with Crippen molar-refractivity contribution in [2.45, 2.75) is 6.92 Å². The number of nitriles is 1. The van der Waals surface area contributed by atoms with Gasteiger partial charge in [0.05, 0.1) is 34.0 Å². The highest BCUT2D eigenvalue weighted by Crippen LogP contribution is 2.33. The summed E-state index contributed by atoms with van der Waals surface area (Å²) in [6.45, 7) is 8.84. The molecular weight excluding hydrogens is 244 g/mol. The summed E-state index contributed by atoms with van der Waals surface area (Å²) in [6.07, 6.45) is 0. The second kappa shape index (κ2) is 6.32. The lowest BCUT2D eigenvalue weighted by atomic mass is 10.1. The minimum absolute atomic E-state index is 0.115. The Bertz CT molecular complexity index is 551. The van der Waals surface area contributed by atoms with Gasteiger partial charge in [0.15, 0.2) is 0 Å². The second-order valence-corrected chi connectivity index (χ2v) is 3.61. The third-order valence-electron chi connectivity index (χ3n) is 2.65. The van der Waals surface area contributed by atoms with Gasteiger partial charge in [-0.2, -0.15) is 0 Å². The van der Waals surface area contributed by atoms with Gasteiger partial charge in [-0.3, -0.25) is 0 Å². The van der Waals surface area contributed by atoms with E-state index >= 15 is 0 Å². The van der Waals surface area contributed by atoms with E-state index in [4.69, 9.17) is 26.0 Å². The molecule has 1 aromatic rings. The van der Waals surface area contributed by atoms with Crippen LogP contribution in [0.3, 0.4) is 0 Å². The zero-order valence-corrected chi connectivity index (χ0v) is 11.3. The molecule has 1 rings (SSSR count). The largest absolute Gasteiger partial charge is 0.506 e. The summed E-state index contributed by atoms with van der Waals surface area (Å²) in [5.74, 6) is 1.41. The molecule has 0 aromatic heterocycles. The first kappa shape index (κ1) is 14.4. The third-order valence-corrected chi connectivity index (χ3v) is 2.65. The molecule has 5 heteroatoms. The van der Waals surface area contributed by atoms with Crippen molar-refractivity contribution in [2.75, 3.05) is 21.3 Å². The van der Waals surface area contributed by atoms with Gasteiger partial charge in [0.1, 0.15) is 17.3 Å². The average Bonchev–Trinajstić information content (AvgIpc) is 2.45. The zero-order valence-electron chi connectivity index (χ0n) is 11.3. The van der Waals surface area contributed by atoms with Crippen LogP contribution in [0.2, 0.25) is 0 Å². The van der Waals surface area contributed by atoms with Crippen LogP contribution in [0, 0.1) is 24.8 Å². The highest BCUT2D eigenvalue weighted by molar-refractivity contribution is 5.71. The zero-order chi connectivity index (χ0) is 14.4. The van der Waals surface area contributed by atoms with Gasteiger partial charge in [-0.05, 0) is 19.1 Å². The van der Waals surface area contributed by atoms with Crippen molar-refractivity contribution in [1.82, 2.24) is 0 Å². The number of allylic oxidation sites excluding steroid dienone is 1. The molecule has 1 aromatic carbocycles. The molecule has 0 atom stereocenters. The number of nitrogens with zero attached hydrogens (tertiary/aromatic N) is 2. The van der Waals surface area contributed by atoms with Gasteiger partial charge in [0, 0.05) is 11.1 Å². The predicted octanol–water partition coefficient (Wildman–Crippen LogP) is 2.77. The third kappa shape index (κ3) is 2.78. The normalized spacial score (nSPS) is 10.8. The van der Waals surface area contributed by atoms with Crippen molar-refractivity contribution in [1.29, 1.82) is 5.26 Å². The number of rotatable bonds is 4. The van der Waals surface area contributed by atoms with Crippen molar-refractivity contribution in [3.63, 3.8) is 0 Å². The first-order valence-corrected chi connectivity index (χ1v) is 5.41. The smallest absolute Gasteiger partial charge is 0.303 e. The highest BCUT2D eigenvalue weighted by atomic mass is 16.5. The van der Waals surface area contributed by atoms with Crippen LogP contribution in [0.1, 0.15) is 11.1 Å². The minimum Gasteiger partial charge on any atom is -0.506 e. The van der Waals surface area contributed by atoms with E-state index in [1.807, 2.05) is 13.0 Å². The van der Waals surface area contributed by atoms with Crippen molar-refractivity contribution in [2.24, 2.45) is 0 Å². The van der Waals surface area contributed by atoms with Gasteiger partial charge < -0.3 is 14.2 Å². The number of hydrogen-bond acceptors (Lipinski definition) is 4. The molecule has 0 bridgehead atoms. The Morgan fingerprint density at radius 3 is 2.05 bits per heavy atom. The Hall–Kier alpha value is -2.66. The number of ether oxygens (including phenoxy) is 3. The van der Waals surface area contributed by atoms with Crippen LogP contribution in [0.5, 0.6) is 11.5 Å². The van der Waals surface area contributed by atoms with Gasteiger partial charge >= 0.3 is 5.70 Å².